The molecular formula is C6H11N5O3S. The first kappa shape index (κ1) is 10.2. The van der Waals surface area contributed by atoms with Gasteiger partial charge in [0.25, 0.3) is 0 Å². The Bertz CT molecular complexity index is 437. The van der Waals surface area contributed by atoms with Crippen LogP contribution in [0.2, 0.25) is 0 Å². The van der Waals surface area contributed by atoms with Crippen molar-refractivity contribution in [3.05, 3.63) is 0 Å². The predicted octanol–water partition coefficient (Wildman–Crippen LogP) is -0.778. The average molecular weight is 233 g/mol. The first-order valence-corrected chi connectivity index (χ1v) is 5.84. The Morgan fingerprint density at radius 1 is 1.53 bits per heavy atom. The minimum atomic E-state index is -3.56. The fraction of sp³-hybridized carbons (Fsp3) is 0.667. The summed E-state index contributed by atoms with van der Waals surface area (Å²) in [5, 5.41) is 5.99. The van der Waals surface area contributed by atoms with E-state index in [0.717, 1.165) is 12.8 Å². The van der Waals surface area contributed by atoms with Gasteiger partial charge in [-0.1, -0.05) is 0 Å². The van der Waals surface area contributed by atoms with Gasteiger partial charge in [0, 0.05) is 6.04 Å². The molecule has 0 bridgehead atoms. The van der Waals surface area contributed by atoms with E-state index in [4.69, 9.17) is 4.74 Å². The fourth-order valence-electron chi connectivity index (χ4n) is 0.961. The van der Waals surface area contributed by atoms with Crippen molar-refractivity contribution in [3.8, 4) is 6.01 Å². The highest BCUT2D eigenvalue weighted by Crippen LogP contribution is 2.20. The molecule has 0 saturated heterocycles. The molecular weight excluding hydrogens is 222 g/mol. The Kier molecular flexibility index (Phi) is 2.49. The summed E-state index contributed by atoms with van der Waals surface area (Å²) in [5.41, 5.74) is 0. The number of rotatable bonds is 5. The molecule has 1 aromatic heterocycles. The number of nitrogens with one attached hydrogen (secondary N) is 3. The molecule has 15 heavy (non-hydrogen) atoms. The summed E-state index contributed by atoms with van der Waals surface area (Å²) in [7, 11) is -2.16. The highest BCUT2D eigenvalue weighted by atomic mass is 32.2. The standard InChI is InChI=1S/C6H11N5O3S/c1-14-6-7-5(8-9-6)11-15(12,13)10-4-2-3-4/h4,10H,2-3H2,1H3,(H2,7,8,9,11). The Morgan fingerprint density at radius 3 is 2.80 bits per heavy atom. The third-order valence-electron chi connectivity index (χ3n) is 1.78. The van der Waals surface area contributed by atoms with Crippen LogP contribution in [0.5, 0.6) is 6.01 Å². The lowest BCUT2D eigenvalue weighted by molar-refractivity contribution is 0.382. The Balaban J connectivity index is 2.00. The van der Waals surface area contributed by atoms with Crippen LogP contribution in [0.3, 0.4) is 0 Å². The molecule has 9 heteroatoms. The van der Waals surface area contributed by atoms with E-state index in [1.54, 1.807) is 0 Å². The highest BCUT2D eigenvalue weighted by Gasteiger charge is 2.27. The third kappa shape index (κ3) is 2.80. The van der Waals surface area contributed by atoms with Gasteiger partial charge in [-0.3, -0.25) is 0 Å². The van der Waals surface area contributed by atoms with Gasteiger partial charge in [-0.05, 0) is 12.8 Å². The van der Waals surface area contributed by atoms with Crippen molar-refractivity contribution in [2.45, 2.75) is 18.9 Å². The molecule has 0 unspecified atom stereocenters. The fourth-order valence-corrected chi connectivity index (χ4v) is 2.04. The molecule has 1 aliphatic carbocycles. The van der Waals surface area contributed by atoms with Crippen LogP contribution in [0.25, 0.3) is 0 Å². The van der Waals surface area contributed by atoms with E-state index >= 15 is 0 Å². The monoisotopic (exact) mass is 233 g/mol. The lowest BCUT2D eigenvalue weighted by Crippen LogP contribution is -2.32. The number of hydrogen-bond acceptors (Lipinski definition) is 5. The number of methoxy groups -OCH3 is 1. The molecule has 1 heterocycles. The summed E-state index contributed by atoms with van der Waals surface area (Å²) < 4.78 is 32.1. The van der Waals surface area contributed by atoms with Crippen LogP contribution < -0.4 is 14.2 Å². The van der Waals surface area contributed by atoms with E-state index in [-0.39, 0.29) is 18.0 Å². The van der Waals surface area contributed by atoms with Crippen molar-refractivity contribution in [1.29, 1.82) is 0 Å². The van der Waals surface area contributed by atoms with Gasteiger partial charge in [0.2, 0.25) is 5.95 Å². The number of ether oxygens (including phenoxy) is 1. The van der Waals surface area contributed by atoms with Crippen molar-refractivity contribution >= 4 is 16.2 Å². The van der Waals surface area contributed by atoms with Gasteiger partial charge in [0.1, 0.15) is 0 Å². The topological polar surface area (TPSA) is 109 Å². The summed E-state index contributed by atoms with van der Waals surface area (Å²) in [6.45, 7) is 0. The van der Waals surface area contributed by atoms with Gasteiger partial charge in [0.05, 0.1) is 7.11 Å². The van der Waals surface area contributed by atoms with Gasteiger partial charge in [0.15, 0.2) is 0 Å². The normalized spacial score (nSPS) is 16.3. The number of aromatic nitrogens is 3. The first-order valence-electron chi connectivity index (χ1n) is 4.35. The highest BCUT2D eigenvalue weighted by molar-refractivity contribution is 7.90. The summed E-state index contributed by atoms with van der Waals surface area (Å²) in [6, 6.07) is 0.131. The second-order valence-corrected chi connectivity index (χ2v) is 4.62. The zero-order chi connectivity index (χ0) is 10.9. The van der Waals surface area contributed by atoms with E-state index < -0.39 is 10.2 Å². The van der Waals surface area contributed by atoms with Crippen molar-refractivity contribution in [1.82, 2.24) is 19.9 Å². The summed E-state index contributed by atoms with van der Waals surface area (Å²) >= 11 is 0. The molecule has 0 spiro atoms. The number of aromatic amines is 1. The second-order valence-electron chi connectivity index (χ2n) is 3.17. The van der Waals surface area contributed by atoms with Crippen LogP contribution in [0.1, 0.15) is 12.8 Å². The Morgan fingerprint density at radius 2 is 2.27 bits per heavy atom. The van der Waals surface area contributed by atoms with Gasteiger partial charge >= 0.3 is 16.2 Å². The van der Waals surface area contributed by atoms with Crippen molar-refractivity contribution in [2.24, 2.45) is 0 Å². The Labute approximate surface area is 86.6 Å². The molecule has 0 aliphatic heterocycles. The lowest BCUT2D eigenvalue weighted by Gasteiger charge is -2.04. The molecule has 0 atom stereocenters. The van der Waals surface area contributed by atoms with Crippen molar-refractivity contribution < 1.29 is 13.2 Å². The van der Waals surface area contributed by atoms with E-state index in [1.807, 2.05) is 0 Å². The van der Waals surface area contributed by atoms with E-state index in [9.17, 15) is 8.42 Å². The minimum absolute atomic E-state index is 0.0278. The molecule has 0 aromatic carbocycles. The molecule has 1 fully saturated rings. The predicted molar refractivity (Wildman–Crippen MR) is 51.6 cm³/mol. The minimum Gasteiger partial charge on any atom is -0.466 e. The van der Waals surface area contributed by atoms with Crippen LogP contribution in [-0.2, 0) is 10.2 Å². The first-order chi connectivity index (χ1) is 7.09. The SMILES string of the molecule is COc1n[nH]c(NS(=O)(=O)NC2CC2)n1. The molecule has 1 aliphatic rings. The molecule has 1 saturated carbocycles. The second kappa shape index (κ2) is 3.66. The van der Waals surface area contributed by atoms with Gasteiger partial charge in [-0.2, -0.15) is 18.1 Å². The number of anilines is 1. The molecule has 1 aromatic rings. The van der Waals surface area contributed by atoms with Crippen LogP contribution in [0.4, 0.5) is 5.95 Å². The summed E-state index contributed by atoms with van der Waals surface area (Å²) in [6.07, 6.45) is 1.75. The van der Waals surface area contributed by atoms with E-state index in [2.05, 4.69) is 24.6 Å². The van der Waals surface area contributed by atoms with Gasteiger partial charge in [-0.25, -0.2) is 9.82 Å². The molecule has 0 amide bonds. The van der Waals surface area contributed by atoms with Crippen LogP contribution >= 0.6 is 0 Å². The van der Waals surface area contributed by atoms with E-state index in [0.29, 0.717) is 0 Å². The number of hydrogen-bond donors (Lipinski definition) is 3. The molecule has 0 radical (unpaired) electrons. The van der Waals surface area contributed by atoms with Crippen molar-refractivity contribution in [2.75, 3.05) is 11.8 Å². The summed E-state index contributed by atoms with van der Waals surface area (Å²) in [5.74, 6) is 0.0278. The maximum atomic E-state index is 11.4. The maximum absolute atomic E-state index is 11.4. The van der Waals surface area contributed by atoms with Crippen LogP contribution in [0, 0.1) is 0 Å². The molecule has 84 valence electrons. The van der Waals surface area contributed by atoms with Gasteiger partial charge < -0.3 is 4.74 Å². The zero-order valence-corrected chi connectivity index (χ0v) is 8.84. The largest absolute Gasteiger partial charge is 0.466 e. The third-order valence-corrected chi connectivity index (χ3v) is 2.88. The molecule has 3 N–H and O–H groups in total. The molecule has 2 rings (SSSR count). The lowest BCUT2D eigenvalue weighted by atomic mass is 10.8. The number of H-pyrrole nitrogens is 1. The number of nitrogens with zero attached hydrogens (tertiary/aromatic N) is 2. The maximum Gasteiger partial charge on any atom is 0.336 e. The van der Waals surface area contributed by atoms with Gasteiger partial charge in [-0.15, -0.1) is 5.10 Å². The zero-order valence-electron chi connectivity index (χ0n) is 8.02. The van der Waals surface area contributed by atoms with Crippen LogP contribution in [-0.4, -0.2) is 36.8 Å². The Hall–Kier alpha value is -1.35. The molecule has 8 nitrogen and oxygen atoms in total. The summed E-state index contributed by atoms with van der Waals surface area (Å²) in [4.78, 5) is 3.72. The quantitative estimate of drug-likeness (QED) is 0.618. The smallest absolute Gasteiger partial charge is 0.336 e. The average Bonchev–Trinajstić information content (AvgIpc) is 2.82. The van der Waals surface area contributed by atoms with E-state index in [1.165, 1.54) is 7.11 Å². The van der Waals surface area contributed by atoms with Crippen molar-refractivity contribution in [3.63, 3.8) is 0 Å². The van der Waals surface area contributed by atoms with Crippen LogP contribution in [0.15, 0.2) is 0 Å².